The summed E-state index contributed by atoms with van der Waals surface area (Å²) in [5, 5.41) is 21.9. The highest BCUT2D eigenvalue weighted by molar-refractivity contribution is 5.17. The van der Waals surface area contributed by atoms with E-state index in [0.717, 1.165) is 44.3 Å². The van der Waals surface area contributed by atoms with Gasteiger partial charge in [-0.05, 0) is 12.8 Å². The Kier molecular flexibility index (Phi) is 8.29. The standard InChI is InChI=1S/C25H37N3O7/c29-16-15-26-11-13-27(14-12-26)21-22(28(30)31)25(33-19-9-5-2-6-10-19)34-20-17-32-24(35-23(20)21)18-7-3-1-4-8-18/h1,3-4,7-8,19-25,29H,2,5-6,9-17H2/t20-,21-,22-,23-,24-,25-/m1/s1. The normalized spacial score (nSPS) is 35.5. The van der Waals surface area contributed by atoms with Crippen molar-refractivity contribution in [2.45, 2.75) is 75.1 Å². The van der Waals surface area contributed by atoms with Crippen LogP contribution in [0.2, 0.25) is 0 Å². The highest BCUT2D eigenvalue weighted by Gasteiger charge is 2.58. The number of benzene rings is 1. The first-order chi connectivity index (χ1) is 17.1. The van der Waals surface area contributed by atoms with E-state index in [-0.39, 0.29) is 17.6 Å². The van der Waals surface area contributed by atoms with Crippen LogP contribution in [0.1, 0.15) is 44.0 Å². The Labute approximate surface area is 206 Å². The van der Waals surface area contributed by atoms with Gasteiger partial charge < -0.3 is 24.1 Å². The van der Waals surface area contributed by atoms with Gasteiger partial charge in [0.05, 0.1) is 19.3 Å². The van der Waals surface area contributed by atoms with E-state index in [1.807, 2.05) is 30.3 Å². The number of hydrogen-bond donors (Lipinski definition) is 1. The second-order valence-corrected chi connectivity index (χ2v) is 9.98. The van der Waals surface area contributed by atoms with Crippen molar-refractivity contribution in [3.63, 3.8) is 0 Å². The molecule has 3 saturated heterocycles. The molecule has 0 amide bonds. The number of hydrogen-bond acceptors (Lipinski definition) is 9. The first-order valence-electron chi connectivity index (χ1n) is 13.0. The summed E-state index contributed by atoms with van der Waals surface area (Å²) < 4.78 is 25.0. The van der Waals surface area contributed by atoms with Gasteiger partial charge >= 0.3 is 0 Å². The van der Waals surface area contributed by atoms with Crippen molar-refractivity contribution in [2.24, 2.45) is 0 Å². The Balaban J connectivity index is 1.40. The number of nitro groups is 1. The molecular weight excluding hydrogens is 454 g/mol. The quantitative estimate of drug-likeness (QED) is 0.451. The van der Waals surface area contributed by atoms with E-state index >= 15 is 0 Å². The summed E-state index contributed by atoms with van der Waals surface area (Å²) in [4.78, 5) is 16.7. The van der Waals surface area contributed by atoms with Crippen LogP contribution in [-0.4, -0.2) is 102 Å². The fourth-order valence-electron chi connectivity index (χ4n) is 5.93. The van der Waals surface area contributed by atoms with Crippen molar-refractivity contribution in [2.75, 3.05) is 45.9 Å². The van der Waals surface area contributed by atoms with Gasteiger partial charge in [0.15, 0.2) is 6.29 Å². The molecule has 0 aromatic heterocycles. The predicted octanol–water partition coefficient (Wildman–Crippen LogP) is 1.80. The minimum Gasteiger partial charge on any atom is -0.395 e. The van der Waals surface area contributed by atoms with Crippen LogP contribution in [0, 0.1) is 10.1 Å². The molecule has 1 aromatic rings. The van der Waals surface area contributed by atoms with Crippen molar-refractivity contribution >= 4 is 0 Å². The number of ether oxygens (including phenoxy) is 4. The molecule has 35 heavy (non-hydrogen) atoms. The lowest BCUT2D eigenvalue weighted by atomic mass is 9.90. The number of fused-ring (bicyclic) bond motifs is 1. The molecular formula is C25H37N3O7. The van der Waals surface area contributed by atoms with Crippen LogP contribution in [-0.2, 0) is 18.9 Å². The minimum atomic E-state index is -1.06. The maximum Gasteiger partial charge on any atom is 0.281 e. The zero-order valence-electron chi connectivity index (χ0n) is 20.2. The van der Waals surface area contributed by atoms with Crippen molar-refractivity contribution in [3.8, 4) is 0 Å². The molecule has 4 fully saturated rings. The summed E-state index contributed by atoms with van der Waals surface area (Å²) in [6.07, 6.45) is 2.65. The summed E-state index contributed by atoms with van der Waals surface area (Å²) in [7, 11) is 0. The molecule has 1 saturated carbocycles. The Bertz CT molecular complexity index is 817. The molecule has 0 spiro atoms. The van der Waals surface area contributed by atoms with Crippen molar-refractivity contribution in [3.05, 3.63) is 46.0 Å². The van der Waals surface area contributed by atoms with E-state index in [1.165, 1.54) is 6.42 Å². The number of β-amino-alcohol motifs (C(OH)–C–C–N with tert-alkyl or cyclic N) is 1. The maximum atomic E-state index is 12.5. The molecule has 1 aromatic carbocycles. The molecule has 1 N–H and O–H groups in total. The second kappa shape index (κ2) is 11.6. The maximum absolute atomic E-state index is 12.5. The molecule has 6 atom stereocenters. The van der Waals surface area contributed by atoms with E-state index < -0.39 is 36.9 Å². The Morgan fingerprint density at radius 3 is 2.49 bits per heavy atom. The van der Waals surface area contributed by atoms with Crippen LogP contribution in [0.3, 0.4) is 0 Å². The molecule has 1 aliphatic carbocycles. The smallest absolute Gasteiger partial charge is 0.281 e. The number of piperazine rings is 1. The average Bonchev–Trinajstić information content (AvgIpc) is 2.89. The van der Waals surface area contributed by atoms with Crippen molar-refractivity contribution in [1.29, 1.82) is 0 Å². The molecule has 0 radical (unpaired) electrons. The third-order valence-electron chi connectivity index (χ3n) is 7.77. The molecule has 0 bridgehead atoms. The van der Waals surface area contributed by atoms with Gasteiger partial charge in [0.1, 0.15) is 18.2 Å². The van der Waals surface area contributed by atoms with E-state index in [9.17, 15) is 15.2 Å². The van der Waals surface area contributed by atoms with Gasteiger partial charge in [-0.15, -0.1) is 0 Å². The number of aliphatic hydroxyl groups excluding tert-OH is 1. The molecule has 10 nitrogen and oxygen atoms in total. The van der Waals surface area contributed by atoms with Gasteiger partial charge in [-0.2, -0.15) is 0 Å². The SMILES string of the molecule is O=[N+]([O-])[C@H]1[C@H](OC2CCCCC2)O[C@@H]2CO[C@@H](c3ccccc3)O[C@H]2[C@@H]1N1CCN(CCO)CC1. The second-order valence-electron chi connectivity index (χ2n) is 9.98. The summed E-state index contributed by atoms with van der Waals surface area (Å²) in [5.74, 6) is 0. The fourth-order valence-corrected chi connectivity index (χ4v) is 5.93. The summed E-state index contributed by atoms with van der Waals surface area (Å²) >= 11 is 0. The molecule has 3 aliphatic heterocycles. The molecule has 0 unspecified atom stereocenters. The number of aliphatic hydroxyl groups is 1. The van der Waals surface area contributed by atoms with E-state index in [1.54, 1.807) is 0 Å². The van der Waals surface area contributed by atoms with Gasteiger partial charge in [-0.3, -0.25) is 19.9 Å². The Hall–Kier alpha value is -1.66. The highest BCUT2D eigenvalue weighted by Crippen LogP contribution is 2.38. The third kappa shape index (κ3) is 5.69. The number of rotatable bonds is 7. The highest BCUT2D eigenvalue weighted by atomic mass is 16.8. The van der Waals surface area contributed by atoms with Crippen LogP contribution in [0.4, 0.5) is 0 Å². The predicted molar refractivity (Wildman–Crippen MR) is 126 cm³/mol. The average molecular weight is 492 g/mol. The minimum absolute atomic E-state index is 0.0164. The van der Waals surface area contributed by atoms with E-state index in [4.69, 9.17) is 18.9 Å². The van der Waals surface area contributed by atoms with Crippen LogP contribution in [0.5, 0.6) is 0 Å². The summed E-state index contributed by atoms with van der Waals surface area (Å²) in [6.45, 7) is 3.82. The van der Waals surface area contributed by atoms with Gasteiger partial charge in [0.2, 0.25) is 6.29 Å². The van der Waals surface area contributed by atoms with Gasteiger partial charge in [-0.1, -0.05) is 49.6 Å². The van der Waals surface area contributed by atoms with E-state index in [0.29, 0.717) is 26.2 Å². The van der Waals surface area contributed by atoms with Crippen LogP contribution in [0.15, 0.2) is 30.3 Å². The topological polar surface area (TPSA) is 107 Å². The third-order valence-corrected chi connectivity index (χ3v) is 7.77. The van der Waals surface area contributed by atoms with Crippen molar-refractivity contribution in [1.82, 2.24) is 9.80 Å². The first-order valence-corrected chi connectivity index (χ1v) is 13.0. The van der Waals surface area contributed by atoms with Gasteiger partial charge in [-0.25, -0.2) is 0 Å². The van der Waals surface area contributed by atoms with Crippen LogP contribution >= 0.6 is 0 Å². The molecule has 3 heterocycles. The molecule has 194 valence electrons. The lowest BCUT2D eigenvalue weighted by molar-refractivity contribution is -0.575. The van der Waals surface area contributed by atoms with Crippen molar-refractivity contribution < 1.29 is 29.0 Å². The van der Waals surface area contributed by atoms with Crippen LogP contribution in [0.25, 0.3) is 0 Å². The Morgan fingerprint density at radius 2 is 1.80 bits per heavy atom. The fraction of sp³-hybridized carbons (Fsp3) is 0.760. The van der Waals surface area contributed by atoms with Crippen LogP contribution < -0.4 is 0 Å². The molecule has 4 aliphatic rings. The lowest BCUT2D eigenvalue weighted by Gasteiger charge is -2.51. The zero-order chi connectivity index (χ0) is 24.2. The van der Waals surface area contributed by atoms with Gasteiger partial charge in [0, 0.05) is 43.2 Å². The lowest BCUT2D eigenvalue weighted by Crippen LogP contribution is -2.71. The zero-order valence-corrected chi connectivity index (χ0v) is 20.2. The molecule has 10 heteroatoms. The monoisotopic (exact) mass is 491 g/mol. The first kappa shape index (κ1) is 25.0. The summed E-state index contributed by atoms with van der Waals surface area (Å²) in [6, 6.07) is 8.12. The van der Waals surface area contributed by atoms with Gasteiger partial charge in [0.25, 0.3) is 6.04 Å². The number of nitrogens with zero attached hydrogens (tertiary/aromatic N) is 3. The largest absolute Gasteiger partial charge is 0.395 e. The van der Waals surface area contributed by atoms with E-state index in [2.05, 4.69) is 9.80 Å². The molecule has 5 rings (SSSR count). The Morgan fingerprint density at radius 1 is 1.06 bits per heavy atom. The summed E-state index contributed by atoms with van der Waals surface area (Å²) in [5.41, 5.74) is 0.885.